The standard InChI is InChI=1S/C8H8O.C4H5N.H3N/c1-7(9)8-5-3-2-4-6-8;1-2-4-5-3-1;/h2-6H,1H3;1-5H;1H3. The molecule has 3 nitrogen and oxygen atoms in total. The molecule has 0 radical (unpaired) electrons. The van der Waals surface area contributed by atoms with Crippen molar-refractivity contribution in [2.24, 2.45) is 0 Å². The molecule has 4 N–H and O–H groups in total. The molecule has 3 heteroatoms. The quantitative estimate of drug-likeness (QED) is 0.701. The number of aromatic nitrogens is 1. The molecule has 0 saturated carbocycles. The van der Waals surface area contributed by atoms with Crippen molar-refractivity contribution in [3.8, 4) is 0 Å². The van der Waals surface area contributed by atoms with E-state index in [0.717, 1.165) is 5.56 Å². The van der Waals surface area contributed by atoms with Crippen LogP contribution in [0.25, 0.3) is 0 Å². The van der Waals surface area contributed by atoms with Gasteiger partial charge in [0, 0.05) is 18.0 Å². The third-order valence-electron chi connectivity index (χ3n) is 1.68. The lowest BCUT2D eigenvalue weighted by atomic mass is 10.2. The molecule has 2 aromatic rings. The number of rotatable bonds is 1. The number of Topliss-reactive ketones (excluding diaryl/α,β-unsaturated/α-hetero) is 1. The summed E-state index contributed by atoms with van der Waals surface area (Å²) in [6.45, 7) is 1.56. The largest absolute Gasteiger partial charge is 0.368 e. The van der Waals surface area contributed by atoms with E-state index in [1.54, 1.807) is 6.92 Å². The van der Waals surface area contributed by atoms with E-state index in [0.29, 0.717) is 0 Å². The van der Waals surface area contributed by atoms with Crippen molar-refractivity contribution in [2.75, 3.05) is 0 Å². The summed E-state index contributed by atoms with van der Waals surface area (Å²) < 4.78 is 0. The molecule has 0 unspecified atom stereocenters. The summed E-state index contributed by atoms with van der Waals surface area (Å²) in [5.41, 5.74) is 0.775. The van der Waals surface area contributed by atoms with E-state index in [-0.39, 0.29) is 11.9 Å². The van der Waals surface area contributed by atoms with Crippen molar-refractivity contribution < 1.29 is 4.79 Å². The van der Waals surface area contributed by atoms with Gasteiger partial charge in [-0.15, -0.1) is 0 Å². The number of carbonyl (C=O) groups excluding carboxylic acids is 1. The number of hydrogen-bond donors (Lipinski definition) is 2. The maximum Gasteiger partial charge on any atom is 0.159 e. The summed E-state index contributed by atoms with van der Waals surface area (Å²) in [6, 6.07) is 13.1. The van der Waals surface area contributed by atoms with Gasteiger partial charge < -0.3 is 11.1 Å². The predicted octanol–water partition coefficient (Wildman–Crippen LogP) is 3.07. The molecular formula is C12H16N2O. The van der Waals surface area contributed by atoms with E-state index in [1.165, 1.54) is 0 Å². The average molecular weight is 204 g/mol. The van der Waals surface area contributed by atoms with Crippen LogP contribution in [0.1, 0.15) is 17.3 Å². The van der Waals surface area contributed by atoms with Gasteiger partial charge in [-0.25, -0.2) is 0 Å². The fraction of sp³-hybridized carbons (Fsp3) is 0.0833. The number of H-pyrrole nitrogens is 1. The summed E-state index contributed by atoms with van der Waals surface area (Å²) in [6.07, 6.45) is 3.75. The minimum Gasteiger partial charge on any atom is -0.368 e. The van der Waals surface area contributed by atoms with Crippen molar-refractivity contribution in [1.29, 1.82) is 0 Å². The first-order chi connectivity index (χ1) is 6.80. The molecular weight excluding hydrogens is 188 g/mol. The Balaban J connectivity index is 0.000000280. The van der Waals surface area contributed by atoms with Crippen molar-refractivity contribution >= 4 is 5.78 Å². The molecule has 0 fully saturated rings. The van der Waals surface area contributed by atoms with E-state index in [1.807, 2.05) is 54.9 Å². The normalized spacial score (nSPS) is 8.07. The second-order valence-corrected chi connectivity index (χ2v) is 2.81. The summed E-state index contributed by atoms with van der Waals surface area (Å²) in [4.78, 5) is 13.5. The molecule has 0 spiro atoms. The van der Waals surface area contributed by atoms with Gasteiger partial charge >= 0.3 is 0 Å². The maximum atomic E-state index is 10.6. The number of benzene rings is 1. The molecule has 1 aromatic carbocycles. The van der Waals surface area contributed by atoms with Crippen LogP contribution in [0.3, 0.4) is 0 Å². The van der Waals surface area contributed by atoms with Crippen molar-refractivity contribution in [3.63, 3.8) is 0 Å². The molecule has 15 heavy (non-hydrogen) atoms. The third-order valence-corrected chi connectivity index (χ3v) is 1.68. The van der Waals surface area contributed by atoms with E-state index < -0.39 is 0 Å². The number of nitrogens with one attached hydrogen (secondary N) is 1. The van der Waals surface area contributed by atoms with Gasteiger partial charge in [-0.3, -0.25) is 4.79 Å². The molecule has 2 rings (SSSR count). The Morgan fingerprint density at radius 3 is 1.80 bits per heavy atom. The predicted molar refractivity (Wildman–Crippen MR) is 62.3 cm³/mol. The summed E-state index contributed by atoms with van der Waals surface area (Å²) in [5.74, 6) is 0.121. The van der Waals surface area contributed by atoms with E-state index >= 15 is 0 Å². The van der Waals surface area contributed by atoms with Gasteiger partial charge in [0.25, 0.3) is 0 Å². The minimum atomic E-state index is 0. The Bertz CT molecular complexity index is 337. The fourth-order valence-corrected chi connectivity index (χ4v) is 0.951. The topological polar surface area (TPSA) is 67.9 Å². The van der Waals surface area contributed by atoms with Gasteiger partial charge in [0.05, 0.1) is 0 Å². The zero-order valence-electron chi connectivity index (χ0n) is 8.81. The second kappa shape index (κ2) is 7.53. The highest BCUT2D eigenvalue weighted by Gasteiger charge is 1.92. The van der Waals surface area contributed by atoms with Gasteiger partial charge in [-0.05, 0) is 19.1 Å². The Morgan fingerprint density at radius 1 is 1.00 bits per heavy atom. The molecule has 80 valence electrons. The van der Waals surface area contributed by atoms with Crippen LogP contribution in [0.15, 0.2) is 54.9 Å². The number of aromatic amines is 1. The van der Waals surface area contributed by atoms with Crippen molar-refractivity contribution in [2.45, 2.75) is 6.92 Å². The van der Waals surface area contributed by atoms with Crippen molar-refractivity contribution in [3.05, 3.63) is 60.4 Å². The molecule has 0 bridgehead atoms. The molecule has 0 saturated heterocycles. The molecule has 0 aliphatic heterocycles. The van der Waals surface area contributed by atoms with Crippen LogP contribution in [0.2, 0.25) is 0 Å². The first-order valence-corrected chi connectivity index (χ1v) is 4.44. The van der Waals surface area contributed by atoms with Crippen LogP contribution in [-0.4, -0.2) is 10.8 Å². The third kappa shape index (κ3) is 5.44. The monoisotopic (exact) mass is 204 g/mol. The van der Waals surface area contributed by atoms with Gasteiger partial charge in [-0.1, -0.05) is 30.3 Å². The van der Waals surface area contributed by atoms with Crippen LogP contribution in [0, 0.1) is 0 Å². The van der Waals surface area contributed by atoms with Gasteiger partial charge in [0.15, 0.2) is 5.78 Å². The van der Waals surface area contributed by atoms with E-state index in [9.17, 15) is 4.79 Å². The Labute approximate surface area is 89.7 Å². The van der Waals surface area contributed by atoms with Crippen LogP contribution < -0.4 is 6.15 Å². The molecule has 0 amide bonds. The Kier molecular flexibility index (Phi) is 6.59. The van der Waals surface area contributed by atoms with Gasteiger partial charge in [-0.2, -0.15) is 0 Å². The number of carbonyl (C=O) groups is 1. The average Bonchev–Trinajstić information content (AvgIpc) is 2.77. The molecule has 0 aliphatic carbocycles. The number of ketones is 1. The first kappa shape index (κ1) is 13.1. The van der Waals surface area contributed by atoms with Crippen LogP contribution in [-0.2, 0) is 0 Å². The lowest BCUT2D eigenvalue weighted by Crippen LogP contribution is -1.88. The summed E-state index contributed by atoms with van der Waals surface area (Å²) >= 11 is 0. The highest BCUT2D eigenvalue weighted by atomic mass is 16.1. The number of hydrogen-bond acceptors (Lipinski definition) is 2. The highest BCUT2D eigenvalue weighted by molar-refractivity contribution is 5.93. The smallest absolute Gasteiger partial charge is 0.159 e. The SMILES string of the molecule is CC(=O)c1ccccc1.N.c1cc[nH]c1. The zero-order valence-corrected chi connectivity index (χ0v) is 8.81. The second-order valence-electron chi connectivity index (χ2n) is 2.81. The van der Waals surface area contributed by atoms with E-state index in [4.69, 9.17) is 0 Å². The minimum absolute atomic E-state index is 0. The summed E-state index contributed by atoms with van der Waals surface area (Å²) in [7, 11) is 0. The maximum absolute atomic E-state index is 10.6. The fourth-order valence-electron chi connectivity index (χ4n) is 0.951. The Hall–Kier alpha value is -1.87. The van der Waals surface area contributed by atoms with Gasteiger partial charge in [0.1, 0.15) is 0 Å². The van der Waals surface area contributed by atoms with Gasteiger partial charge in [0.2, 0.25) is 0 Å². The lowest BCUT2D eigenvalue weighted by molar-refractivity contribution is 0.101. The molecule has 1 aromatic heterocycles. The summed E-state index contributed by atoms with van der Waals surface area (Å²) in [5, 5.41) is 0. The Morgan fingerprint density at radius 2 is 1.53 bits per heavy atom. The van der Waals surface area contributed by atoms with Crippen molar-refractivity contribution in [1.82, 2.24) is 11.1 Å². The molecule has 1 heterocycles. The zero-order chi connectivity index (χ0) is 10.2. The molecule has 0 atom stereocenters. The molecule has 0 aliphatic rings. The lowest BCUT2D eigenvalue weighted by Gasteiger charge is -1.89. The van der Waals surface area contributed by atoms with E-state index in [2.05, 4.69) is 4.98 Å². The van der Waals surface area contributed by atoms with Crippen LogP contribution >= 0.6 is 0 Å². The van der Waals surface area contributed by atoms with Crippen LogP contribution in [0.5, 0.6) is 0 Å². The highest BCUT2D eigenvalue weighted by Crippen LogP contribution is 1.97. The first-order valence-electron chi connectivity index (χ1n) is 4.44. The van der Waals surface area contributed by atoms with Crippen LogP contribution in [0.4, 0.5) is 0 Å².